The van der Waals surface area contributed by atoms with Gasteiger partial charge in [-0.25, -0.2) is 4.99 Å². The zero-order valence-electron chi connectivity index (χ0n) is 23.5. The molecule has 1 saturated heterocycles. The molecular weight excluding hydrogens is 558 g/mol. The van der Waals surface area contributed by atoms with Gasteiger partial charge in [-0.1, -0.05) is 61.7 Å². The first kappa shape index (κ1) is 30.5. The number of carbonyl (C=O) groups is 2. The van der Waals surface area contributed by atoms with Crippen molar-refractivity contribution in [2.24, 2.45) is 4.99 Å². The van der Waals surface area contributed by atoms with Gasteiger partial charge in [0.25, 0.3) is 0 Å². The number of aliphatic imine (C=N–C) groups is 1. The Labute approximate surface area is 251 Å². The van der Waals surface area contributed by atoms with E-state index in [-0.39, 0.29) is 18.2 Å². The molecule has 1 atom stereocenters. The van der Waals surface area contributed by atoms with E-state index in [9.17, 15) is 9.59 Å². The molecule has 4 rings (SSSR count). The molecule has 1 fully saturated rings. The number of hydrogen-bond donors (Lipinski definition) is 1. The Morgan fingerprint density at radius 1 is 1.00 bits per heavy atom. The second kappa shape index (κ2) is 15.5. The average Bonchev–Trinajstić information content (AvgIpc) is 2.98. The minimum atomic E-state index is -0.610. The fourth-order valence-corrected chi connectivity index (χ4v) is 5.55. The monoisotopic (exact) mass is 593 g/mol. The molecule has 1 aliphatic rings. The van der Waals surface area contributed by atoms with Crippen LogP contribution in [0.3, 0.4) is 0 Å². The van der Waals surface area contributed by atoms with Crippen molar-refractivity contribution in [1.82, 2.24) is 4.90 Å². The van der Waals surface area contributed by atoms with Gasteiger partial charge in [0.2, 0.25) is 11.8 Å². The molecule has 216 valence electrons. The number of unbranched alkanes of at least 4 members (excludes halogenated alkanes) is 3. The number of amidine groups is 1. The van der Waals surface area contributed by atoms with Gasteiger partial charge in [-0.15, -0.1) is 0 Å². The Morgan fingerprint density at radius 3 is 2.39 bits per heavy atom. The van der Waals surface area contributed by atoms with Crippen LogP contribution in [0.25, 0.3) is 0 Å². The minimum Gasteiger partial charge on any atom is -0.497 e. The molecule has 1 N–H and O–H groups in total. The maximum atomic E-state index is 13.3. The SMILES string of the molecule is CCCCCCOc1ccc(NC(=O)C2CC(=O)N(CCc3ccc(Cl)cc3)C(=Nc3ccc(OC)cc3)S2)cc1. The molecule has 0 spiro atoms. The van der Waals surface area contributed by atoms with Gasteiger partial charge in [0, 0.05) is 23.7 Å². The normalized spacial score (nSPS) is 16.1. The van der Waals surface area contributed by atoms with Gasteiger partial charge < -0.3 is 14.8 Å². The topological polar surface area (TPSA) is 80.2 Å². The molecule has 7 nitrogen and oxygen atoms in total. The quantitative estimate of drug-likeness (QED) is 0.207. The van der Waals surface area contributed by atoms with Gasteiger partial charge in [-0.05, 0) is 79.1 Å². The van der Waals surface area contributed by atoms with Crippen molar-refractivity contribution in [2.75, 3.05) is 25.6 Å². The van der Waals surface area contributed by atoms with Crippen molar-refractivity contribution in [1.29, 1.82) is 0 Å². The molecule has 2 amide bonds. The van der Waals surface area contributed by atoms with Crippen LogP contribution in [0.15, 0.2) is 77.8 Å². The highest BCUT2D eigenvalue weighted by Gasteiger charge is 2.35. The van der Waals surface area contributed by atoms with Crippen LogP contribution in [0, 0.1) is 0 Å². The van der Waals surface area contributed by atoms with E-state index >= 15 is 0 Å². The third kappa shape index (κ3) is 9.26. The van der Waals surface area contributed by atoms with E-state index in [0.717, 1.165) is 24.2 Å². The van der Waals surface area contributed by atoms with Crippen molar-refractivity contribution in [2.45, 2.75) is 50.7 Å². The number of carbonyl (C=O) groups excluding carboxylic acids is 2. The standard InChI is InChI=1S/C32H36ClN3O4S/c1-3-4-5-6-21-40-28-17-13-25(14-18-28)34-31(38)29-22-30(37)36(20-19-23-7-9-24(33)10-8-23)32(41-29)35-26-11-15-27(39-2)16-12-26/h7-18,29H,3-6,19-22H2,1-2H3,(H,34,38). The molecule has 1 heterocycles. The number of benzene rings is 3. The second-order valence-electron chi connectivity index (χ2n) is 9.75. The highest BCUT2D eigenvalue weighted by molar-refractivity contribution is 8.15. The van der Waals surface area contributed by atoms with Gasteiger partial charge in [0.1, 0.15) is 16.7 Å². The summed E-state index contributed by atoms with van der Waals surface area (Å²) >= 11 is 7.33. The Morgan fingerprint density at radius 2 is 1.71 bits per heavy atom. The van der Waals surface area contributed by atoms with E-state index in [0.29, 0.717) is 46.9 Å². The van der Waals surface area contributed by atoms with Crippen molar-refractivity contribution >= 4 is 51.7 Å². The van der Waals surface area contributed by atoms with Crippen LogP contribution in [-0.4, -0.2) is 47.4 Å². The smallest absolute Gasteiger partial charge is 0.238 e. The molecular formula is C32H36ClN3O4S. The Kier molecular flexibility index (Phi) is 11.5. The molecule has 1 unspecified atom stereocenters. The van der Waals surface area contributed by atoms with Crippen LogP contribution < -0.4 is 14.8 Å². The van der Waals surface area contributed by atoms with E-state index in [1.54, 1.807) is 12.0 Å². The van der Waals surface area contributed by atoms with Gasteiger partial charge in [0.05, 0.1) is 19.4 Å². The summed E-state index contributed by atoms with van der Waals surface area (Å²) in [4.78, 5) is 33.0. The van der Waals surface area contributed by atoms with E-state index in [2.05, 4.69) is 12.2 Å². The molecule has 0 bridgehead atoms. The predicted octanol–water partition coefficient (Wildman–Crippen LogP) is 7.51. The maximum Gasteiger partial charge on any atom is 0.238 e. The number of hydrogen-bond acceptors (Lipinski definition) is 6. The lowest BCUT2D eigenvalue weighted by Crippen LogP contribution is -2.46. The lowest BCUT2D eigenvalue weighted by Gasteiger charge is -2.32. The van der Waals surface area contributed by atoms with Crippen molar-refractivity contribution < 1.29 is 19.1 Å². The summed E-state index contributed by atoms with van der Waals surface area (Å²) in [6.45, 7) is 3.30. The number of ether oxygens (including phenoxy) is 2. The zero-order chi connectivity index (χ0) is 29.0. The summed E-state index contributed by atoms with van der Waals surface area (Å²) in [5.41, 5.74) is 2.38. The lowest BCUT2D eigenvalue weighted by molar-refractivity contribution is -0.129. The highest BCUT2D eigenvalue weighted by atomic mass is 35.5. The summed E-state index contributed by atoms with van der Waals surface area (Å²) in [6.07, 6.45) is 5.30. The third-order valence-corrected chi connectivity index (χ3v) is 8.09. The number of methoxy groups -OCH3 is 1. The van der Waals surface area contributed by atoms with Crippen LogP contribution in [0.2, 0.25) is 5.02 Å². The molecule has 1 aliphatic heterocycles. The molecule has 41 heavy (non-hydrogen) atoms. The number of thioether (sulfide) groups is 1. The highest BCUT2D eigenvalue weighted by Crippen LogP contribution is 2.31. The predicted molar refractivity (Wildman–Crippen MR) is 168 cm³/mol. The number of nitrogens with zero attached hydrogens (tertiary/aromatic N) is 2. The number of halogens is 1. The number of anilines is 1. The first-order valence-electron chi connectivity index (χ1n) is 13.9. The van der Waals surface area contributed by atoms with E-state index in [4.69, 9.17) is 26.1 Å². The lowest BCUT2D eigenvalue weighted by atomic mass is 10.1. The van der Waals surface area contributed by atoms with Crippen molar-refractivity contribution in [3.63, 3.8) is 0 Å². The van der Waals surface area contributed by atoms with Crippen LogP contribution in [-0.2, 0) is 16.0 Å². The summed E-state index contributed by atoms with van der Waals surface area (Å²) in [7, 11) is 1.60. The number of nitrogens with one attached hydrogen (secondary N) is 1. The first-order chi connectivity index (χ1) is 19.9. The number of rotatable bonds is 13. The molecule has 0 aromatic heterocycles. The summed E-state index contributed by atoms with van der Waals surface area (Å²) in [5, 5.41) is 3.50. The minimum absolute atomic E-state index is 0.0811. The number of amides is 2. The second-order valence-corrected chi connectivity index (χ2v) is 11.4. The van der Waals surface area contributed by atoms with Crippen molar-refractivity contribution in [3.05, 3.63) is 83.4 Å². The van der Waals surface area contributed by atoms with Crippen LogP contribution in [0.1, 0.15) is 44.6 Å². The van der Waals surface area contributed by atoms with Gasteiger partial charge in [0.15, 0.2) is 5.17 Å². The van der Waals surface area contributed by atoms with E-state index in [1.807, 2.05) is 72.8 Å². The van der Waals surface area contributed by atoms with E-state index < -0.39 is 5.25 Å². The summed E-state index contributed by atoms with van der Waals surface area (Å²) < 4.78 is 11.1. The maximum absolute atomic E-state index is 13.3. The molecule has 3 aromatic carbocycles. The molecule has 9 heteroatoms. The molecule has 0 radical (unpaired) electrons. The Balaban J connectivity index is 1.43. The fourth-order valence-electron chi connectivity index (χ4n) is 4.30. The molecule has 0 aliphatic carbocycles. The zero-order valence-corrected chi connectivity index (χ0v) is 25.0. The van der Waals surface area contributed by atoms with Gasteiger partial charge >= 0.3 is 0 Å². The summed E-state index contributed by atoms with van der Waals surface area (Å²) in [6, 6.07) is 22.2. The van der Waals surface area contributed by atoms with Crippen LogP contribution >= 0.6 is 23.4 Å². The van der Waals surface area contributed by atoms with Crippen molar-refractivity contribution in [3.8, 4) is 11.5 Å². The first-order valence-corrected chi connectivity index (χ1v) is 15.2. The van der Waals surface area contributed by atoms with Crippen LogP contribution in [0.4, 0.5) is 11.4 Å². The van der Waals surface area contributed by atoms with E-state index in [1.165, 1.54) is 24.6 Å². The van der Waals surface area contributed by atoms with Gasteiger partial charge in [-0.2, -0.15) is 0 Å². The summed E-state index contributed by atoms with van der Waals surface area (Å²) in [5.74, 6) is 1.10. The molecule has 0 saturated carbocycles. The average molecular weight is 594 g/mol. The molecule has 3 aromatic rings. The van der Waals surface area contributed by atoms with Gasteiger partial charge in [-0.3, -0.25) is 14.5 Å². The van der Waals surface area contributed by atoms with Crippen LogP contribution in [0.5, 0.6) is 11.5 Å². The third-order valence-electron chi connectivity index (χ3n) is 6.66. The Bertz CT molecular complexity index is 1310. The fraction of sp³-hybridized carbons (Fsp3) is 0.344. The largest absolute Gasteiger partial charge is 0.497 e. The Hall–Kier alpha value is -3.49.